The number of aliphatic hydroxyl groups excluding tert-OH is 1. The molecule has 25 heavy (non-hydrogen) atoms. The van der Waals surface area contributed by atoms with E-state index in [1.54, 1.807) is 6.33 Å². The van der Waals surface area contributed by atoms with Crippen LogP contribution in [0, 0.1) is 11.3 Å². The van der Waals surface area contributed by atoms with Gasteiger partial charge >= 0.3 is 0 Å². The van der Waals surface area contributed by atoms with Gasteiger partial charge in [0.15, 0.2) is 0 Å². The predicted molar refractivity (Wildman–Crippen MR) is 101 cm³/mol. The lowest BCUT2D eigenvalue weighted by Crippen LogP contribution is -2.44. The number of anilines is 2. The van der Waals surface area contributed by atoms with Gasteiger partial charge in [-0.2, -0.15) is 0 Å². The van der Waals surface area contributed by atoms with Gasteiger partial charge in [0.05, 0.1) is 0 Å². The van der Waals surface area contributed by atoms with Crippen molar-refractivity contribution >= 4 is 11.6 Å². The number of hydrogen-bond acceptors (Lipinski definition) is 5. The van der Waals surface area contributed by atoms with E-state index in [9.17, 15) is 5.11 Å². The summed E-state index contributed by atoms with van der Waals surface area (Å²) in [6, 6.07) is 2.16. The number of piperidine rings is 2. The zero-order valence-corrected chi connectivity index (χ0v) is 15.1. The summed E-state index contributed by atoms with van der Waals surface area (Å²) in [7, 11) is 0. The highest BCUT2D eigenvalue weighted by atomic mass is 16.3. The highest BCUT2D eigenvalue weighted by molar-refractivity contribution is 5.51. The Labute approximate surface area is 150 Å². The lowest BCUT2D eigenvalue weighted by atomic mass is 9.71. The van der Waals surface area contributed by atoms with Crippen LogP contribution in [0.2, 0.25) is 0 Å². The number of allylic oxidation sites excluding steroid dienone is 2. The second-order valence-corrected chi connectivity index (χ2v) is 8.11. The highest BCUT2D eigenvalue weighted by Gasteiger charge is 2.35. The van der Waals surface area contributed by atoms with E-state index in [4.69, 9.17) is 0 Å². The second-order valence-electron chi connectivity index (χ2n) is 8.11. The van der Waals surface area contributed by atoms with Crippen LogP contribution in [-0.2, 0) is 0 Å². The van der Waals surface area contributed by atoms with Gasteiger partial charge in [0.2, 0.25) is 0 Å². The number of aliphatic hydroxyl groups is 1. The predicted octanol–water partition coefficient (Wildman–Crippen LogP) is 3.01. The number of nitrogens with zero attached hydrogens (tertiary/aromatic N) is 4. The third-order valence-corrected chi connectivity index (χ3v) is 6.28. The summed E-state index contributed by atoms with van der Waals surface area (Å²) in [6.45, 7) is 4.42. The van der Waals surface area contributed by atoms with Gasteiger partial charge in [-0.3, -0.25) is 0 Å². The highest BCUT2D eigenvalue weighted by Crippen LogP contribution is 2.41. The maximum atomic E-state index is 9.48. The van der Waals surface area contributed by atoms with Gasteiger partial charge in [-0.1, -0.05) is 12.2 Å². The van der Waals surface area contributed by atoms with Crippen molar-refractivity contribution in [2.45, 2.75) is 44.9 Å². The van der Waals surface area contributed by atoms with Crippen molar-refractivity contribution in [3.63, 3.8) is 0 Å². The van der Waals surface area contributed by atoms with E-state index in [0.29, 0.717) is 11.3 Å². The Morgan fingerprint density at radius 2 is 1.92 bits per heavy atom. The first kappa shape index (κ1) is 16.8. The molecule has 2 atom stereocenters. The average Bonchev–Trinajstić information content (AvgIpc) is 2.69. The zero-order chi connectivity index (χ0) is 17.1. The third-order valence-electron chi connectivity index (χ3n) is 6.28. The fraction of sp³-hybridized carbons (Fsp3) is 0.700. The summed E-state index contributed by atoms with van der Waals surface area (Å²) < 4.78 is 0. The van der Waals surface area contributed by atoms with E-state index in [0.717, 1.165) is 50.7 Å². The minimum Gasteiger partial charge on any atom is -0.396 e. The molecule has 0 saturated carbocycles. The minimum atomic E-state index is 0.274. The molecule has 0 aromatic carbocycles. The molecule has 2 aliphatic heterocycles. The van der Waals surface area contributed by atoms with Crippen molar-refractivity contribution in [2.24, 2.45) is 11.3 Å². The van der Waals surface area contributed by atoms with Gasteiger partial charge in [0.1, 0.15) is 18.0 Å². The first-order valence-corrected chi connectivity index (χ1v) is 9.86. The average molecular weight is 342 g/mol. The van der Waals surface area contributed by atoms with Crippen LogP contribution in [-0.4, -0.2) is 47.9 Å². The standard InChI is InChI=1S/C20H30N4O/c25-14-17-6-4-10-23(13-17)18-12-19(22-16-21-18)24-11-5-9-20(15-24)7-2-1-3-8-20/h1-2,12,16-17,25H,3-11,13-15H2/t17-,20-/m1/s1. The fourth-order valence-electron chi connectivity index (χ4n) is 4.82. The number of aromatic nitrogens is 2. The summed E-state index contributed by atoms with van der Waals surface area (Å²) in [5.41, 5.74) is 0.450. The van der Waals surface area contributed by atoms with Gasteiger partial charge in [-0.25, -0.2) is 9.97 Å². The van der Waals surface area contributed by atoms with Gasteiger partial charge in [-0.05, 0) is 56.3 Å². The summed E-state index contributed by atoms with van der Waals surface area (Å²) in [6.07, 6.45) is 15.0. The van der Waals surface area contributed by atoms with Crippen LogP contribution in [0.4, 0.5) is 11.6 Å². The molecule has 0 radical (unpaired) electrons. The number of rotatable bonds is 3. The zero-order valence-electron chi connectivity index (χ0n) is 15.1. The Morgan fingerprint density at radius 1 is 1.08 bits per heavy atom. The van der Waals surface area contributed by atoms with E-state index in [1.165, 1.54) is 32.1 Å². The largest absolute Gasteiger partial charge is 0.396 e. The minimum absolute atomic E-state index is 0.274. The molecule has 136 valence electrons. The van der Waals surface area contributed by atoms with E-state index < -0.39 is 0 Å². The summed E-state index contributed by atoms with van der Waals surface area (Å²) in [4.78, 5) is 13.9. The van der Waals surface area contributed by atoms with E-state index in [2.05, 4.69) is 38.0 Å². The Morgan fingerprint density at radius 3 is 2.72 bits per heavy atom. The molecule has 4 rings (SSSR count). The van der Waals surface area contributed by atoms with Crippen molar-refractivity contribution in [3.8, 4) is 0 Å². The molecule has 3 heterocycles. The molecule has 2 fully saturated rings. The molecule has 2 saturated heterocycles. The first-order valence-electron chi connectivity index (χ1n) is 9.86. The molecule has 1 spiro atoms. The lowest BCUT2D eigenvalue weighted by molar-refractivity contribution is 0.208. The Hall–Kier alpha value is -1.62. The van der Waals surface area contributed by atoms with Crippen LogP contribution in [0.25, 0.3) is 0 Å². The third kappa shape index (κ3) is 3.66. The van der Waals surface area contributed by atoms with E-state index in [1.807, 2.05) is 0 Å². The Bertz CT molecular complexity index is 619. The van der Waals surface area contributed by atoms with Crippen molar-refractivity contribution in [1.82, 2.24) is 9.97 Å². The molecular weight excluding hydrogens is 312 g/mol. The van der Waals surface area contributed by atoms with Crippen molar-refractivity contribution < 1.29 is 5.11 Å². The van der Waals surface area contributed by atoms with Crippen LogP contribution in [0.15, 0.2) is 24.5 Å². The van der Waals surface area contributed by atoms with Crippen LogP contribution in [0.5, 0.6) is 0 Å². The van der Waals surface area contributed by atoms with Crippen LogP contribution in [0.3, 0.4) is 0 Å². The normalized spacial score (nSPS) is 30.0. The summed E-state index contributed by atoms with van der Waals surface area (Å²) >= 11 is 0. The Balaban J connectivity index is 1.50. The number of hydrogen-bond donors (Lipinski definition) is 1. The maximum Gasteiger partial charge on any atom is 0.134 e. The monoisotopic (exact) mass is 342 g/mol. The van der Waals surface area contributed by atoms with Crippen molar-refractivity contribution in [1.29, 1.82) is 0 Å². The molecule has 5 nitrogen and oxygen atoms in total. The molecule has 1 aromatic rings. The van der Waals surface area contributed by atoms with Crippen molar-refractivity contribution in [2.75, 3.05) is 42.6 Å². The molecule has 3 aliphatic rings. The molecular formula is C20H30N4O. The van der Waals surface area contributed by atoms with Crippen molar-refractivity contribution in [3.05, 3.63) is 24.5 Å². The van der Waals surface area contributed by atoms with E-state index >= 15 is 0 Å². The molecule has 0 unspecified atom stereocenters. The van der Waals surface area contributed by atoms with Crippen LogP contribution >= 0.6 is 0 Å². The molecule has 0 bridgehead atoms. The van der Waals surface area contributed by atoms with Crippen LogP contribution in [0.1, 0.15) is 44.9 Å². The van der Waals surface area contributed by atoms with Crippen LogP contribution < -0.4 is 9.80 Å². The van der Waals surface area contributed by atoms with E-state index in [-0.39, 0.29) is 6.61 Å². The van der Waals surface area contributed by atoms with Gasteiger partial charge in [-0.15, -0.1) is 0 Å². The SMILES string of the molecule is OC[C@@H]1CCCN(c2cc(N3CCC[C@]4(CC=CCC4)C3)ncn2)C1. The fourth-order valence-corrected chi connectivity index (χ4v) is 4.82. The topological polar surface area (TPSA) is 52.5 Å². The Kier molecular flexibility index (Phi) is 4.93. The molecule has 5 heteroatoms. The van der Waals surface area contributed by atoms with Gasteiger partial charge in [0.25, 0.3) is 0 Å². The molecule has 1 aromatic heterocycles. The van der Waals surface area contributed by atoms with Gasteiger partial charge in [0, 0.05) is 38.9 Å². The summed E-state index contributed by atoms with van der Waals surface area (Å²) in [5, 5.41) is 9.48. The lowest BCUT2D eigenvalue weighted by Gasteiger charge is -2.44. The second kappa shape index (κ2) is 7.32. The van der Waals surface area contributed by atoms with Gasteiger partial charge < -0.3 is 14.9 Å². The summed E-state index contributed by atoms with van der Waals surface area (Å²) in [5.74, 6) is 2.47. The maximum absolute atomic E-state index is 9.48. The quantitative estimate of drug-likeness (QED) is 0.856. The molecule has 1 aliphatic carbocycles. The smallest absolute Gasteiger partial charge is 0.134 e. The molecule has 0 amide bonds. The first-order chi connectivity index (χ1) is 12.3. The molecule has 1 N–H and O–H groups in total.